The molecule has 116 valence electrons. The maximum Gasteiger partial charge on any atom is 0.119 e. The SMILES string of the molecule is COc1ccc(COc2ccc(C3(C)SCCS3)cc2)cc1. The van der Waals surface area contributed by atoms with Gasteiger partial charge in [-0.1, -0.05) is 24.3 Å². The molecule has 3 rings (SSSR count). The van der Waals surface area contributed by atoms with Gasteiger partial charge in [-0.3, -0.25) is 0 Å². The van der Waals surface area contributed by atoms with Crippen molar-refractivity contribution >= 4 is 23.5 Å². The monoisotopic (exact) mass is 332 g/mol. The molecule has 0 atom stereocenters. The Morgan fingerprint density at radius 2 is 1.50 bits per heavy atom. The van der Waals surface area contributed by atoms with E-state index in [1.807, 2.05) is 47.8 Å². The minimum atomic E-state index is 0.203. The normalized spacial score (nSPS) is 16.5. The maximum absolute atomic E-state index is 5.86. The lowest BCUT2D eigenvalue weighted by atomic mass is 10.1. The van der Waals surface area contributed by atoms with Crippen molar-refractivity contribution in [1.82, 2.24) is 0 Å². The Labute approximate surface area is 140 Å². The number of rotatable bonds is 5. The Bertz CT molecular complexity index is 602. The van der Waals surface area contributed by atoms with Gasteiger partial charge in [0.25, 0.3) is 0 Å². The number of hydrogen-bond donors (Lipinski definition) is 0. The highest BCUT2D eigenvalue weighted by Crippen LogP contribution is 2.51. The molecule has 1 heterocycles. The molecular formula is C18H20O2S2. The van der Waals surface area contributed by atoms with Crippen molar-refractivity contribution in [2.24, 2.45) is 0 Å². The summed E-state index contributed by atoms with van der Waals surface area (Å²) in [5.74, 6) is 4.25. The van der Waals surface area contributed by atoms with Gasteiger partial charge in [-0.25, -0.2) is 0 Å². The average Bonchev–Trinajstić information content (AvgIpc) is 3.02. The number of ether oxygens (including phenoxy) is 2. The van der Waals surface area contributed by atoms with E-state index in [4.69, 9.17) is 9.47 Å². The number of thioether (sulfide) groups is 2. The molecule has 2 aromatic rings. The summed E-state index contributed by atoms with van der Waals surface area (Å²) in [7, 11) is 1.68. The van der Waals surface area contributed by atoms with E-state index in [0.717, 1.165) is 17.1 Å². The third-order valence-electron chi connectivity index (χ3n) is 3.78. The van der Waals surface area contributed by atoms with E-state index in [-0.39, 0.29) is 4.08 Å². The Kier molecular flexibility index (Phi) is 4.89. The second-order valence-electron chi connectivity index (χ2n) is 5.30. The molecule has 22 heavy (non-hydrogen) atoms. The molecule has 0 aromatic heterocycles. The van der Waals surface area contributed by atoms with Crippen LogP contribution in [-0.2, 0) is 10.7 Å². The summed E-state index contributed by atoms with van der Waals surface area (Å²) in [6.07, 6.45) is 0. The van der Waals surface area contributed by atoms with Gasteiger partial charge in [-0.2, -0.15) is 0 Å². The predicted molar refractivity (Wildman–Crippen MR) is 96.0 cm³/mol. The minimum Gasteiger partial charge on any atom is -0.497 e. The molecule has 1 fully saturated rings. The first-order valence-corrected chi connectivity index (χ1v) is 9.31. The van der Waals surface area contributed by atoms with E-state index in [2.05, 4.69) is 31.2 Å². The van der Waals surface area contributed by atoms with Crippen LogP contribution in [0.2, 0.25) is 0 Å². The topological polar surface area (TPSA) is 18.5 Å². The molecule has 4 heteroatoms. The first kappa shape index (κ1) is 15.6. The van der Waals surface area contributed by atoms with Crippen molar-refractivity contribution in [3.8, 4) is 11.5 Å². The first-order valence-electron chi connectivity index (χ1n) is 7.34. The van der Waals surface area contributed by atoms with Crippen molar-refractivity contribution in [1.29, 1.82) is 0 Å². The van der Waals surface area contributed by atoms with Gasteiger partial charge in [-0.05, 0) is 42.3 Å². The molecule has 0 saturated carbocycles. The highest BCUT2D eigenvalue weighted by atomic mass is 32.2. The van der Waals surface area contributed by atoms with E-state index in [1.54, 1.807) is 7.11 Å². The number of methoxy groups -OCH3 is 1. The lowest BCUT2D eigenvalue weighted by Gasteiger charge is -2.22. The van der Waals surface area contributed by atoms with Crippen molar-refractivity contribution in [2.45, 2.75) is 17.6 Å². The average molecular weight is 332 g/mol. The Balaban J connectivity index is 1.61. The fraction of sp³-hybridized carbons (Fsp3) is 0.333. The van der Waals surface area contributed by atoms with Crippen LogP contribution in [0.4, 0.5) is 0 Å². The minimum absolute atomic E-state index is 0.203. The number of benzene rings is 2. The molecule has 1 aliphatic rings. The Morgan fingerprint density at radius 1 is 0.909 bits per heavy atom. The van der Waals surface area contributed by atoms with Crippen LogP contribution in [0.1, 0.15) is 18.1 Å². The first-order chi connectivity index (χ1) is 10.7. The standard InChI is InChI=1S/C18H20O2S2/c1-18(21-11-12-22-18)15-5-9-17(10-6-15)20-13-14-3-7-16(19-2)8-4-14/h3-10H,11-13H2,1-2H3. The molecule has 0 bridgehead atoms. The largest absolute Gasteiger partial charge is 0.497 e. The zero-order valence-corrected chi connectivity index (χ0v) is 14.5. The van der Waals surface area contributed by atoms with Crippen molar-refractivity contribution < 1.29 is 9.47 Å². The molecule has 0 N–H and O–H groups in total. The lowest BCUT2D eigenvalue weighted by molar-refractivity contribution is 0.306. The van der Waals surface area contributed by atoms with Crippen LogP contribution in [0.5, 0.6) is 11.5 Å². The summed E-state index contributed by atoms with van der Waals surface area (Å²) in [4.78, 5) is 0. The van der Waals surface area contributed by atoms with Crippen LogP contribution in [0, 0.1) is 0 Å². The third-order valence-corrected chi connectivity index (χ3v) is 7.14. The molecule has 2 aromatic carbocycles. The van der Waals surface area contributed by atoms with Crippen molar-refractivity contribution in [2.75, 3.05) is 18.6 Å². The predicted octanol–water partition coefficient (Wildman–Crippen LogP) is 4.93. The van der Waals surface area contributed by atoms with Gasteiger partial charge in [-0.15, -0.1) is 23.5 Å². The van der Waals surface area contributed by atoms with Crippen LogP contribution in [0.3, 0.4) is 0 Å². The quantitative estimate of drug-likeness (QED) is 0.772. The molecule has 1 aliphatic heterocycles. The zero-order chi connectivity index (χ0) is 15.4. The molecular weight excluding hydrogens is 312 g/mol. The third kappa shape index (κ3) is 3.55. The summed E-state index contributed by atoms with van der Waals surface area (Å²) in [5.41, 5.74) is 2.51. The zero-order valence-electron chi connectivity index (χ0n) is 12.9. The molecule has 0 aliphatic carbocycles. The van der Waals surface area contributed by atoms with Gasteiger partial charge in [0.1, 0.15) is 18.1 Å². The lowest BCUT2D eigenvalue weighted by Crippen LogP contribution is -2.08. The van der Waals surface area contributed by atoms with Crippen LogP contribution in [-0.4, -0.2) is 18.6 Å². The summed E-state index contributed by atoms with van der Waals surface area (Å²) in [6.45, 7) is 2.88. The summed E-state index contributed by atoms with van der Waals surface area (Å²) in [5, 5.41) is 0. The van der Waals surface area contributed by atoms with Crippen LogP contribution in [0.15, 0.2) is 48.5 Å². The smallest absolute Gasteiger partial charge is 0.119 e. The molecule has 2 nitrogen and oxygen atoms in total. The van der Waals surface area contributed by atoms with Gasteiger partial charge in [0, 0.05) is 11.5 Å². The van der Waals surface area contributed by atoms with E-state index in [0.29, 0.717) is 6.61 Å². The summed E-state index contributed by atoms with van der Waals surface area (Å²) < 4.78 is 11.2. The van der Waals surface area contributed by atoms with Gasteiger partial charge in [0.2, 0.25) is 0 Å². The van der Waals surface area contributed by atoms with Gasteiger partial charge < -0.3 is 9.47 Å². The van der Waals surface area contributed by atoms with E-state index < -0.39 is 0 Å². The molecule has 0 unspecified atom stereocenters. The number of hydrogen-bond acceptors (Lipinski definition) is 4. The van der Waals surface area contributed by atoms with Crippen LogP contribution in [0.25, 0.3) is 0 Å². The second kappa shape index (κ2) is 6.88. The molecule has 1 saturated heterocycles. The Morgan fingerprint density at radius 3 is 2.09 bits per heavy atom. The molecule has 0 spiro atoms. The Hall–Kier alpha value is -1.26. The summed E-state index contributed by atoms with van der Waals surface area (Å²) in [6, 6.07) is 16.5. The highest BCUT2D eigenvalue weighted by Gasteiger charge is 2.32. The fourth-order valence-electron chi connectivity index (χ4n) is 2.42. The van der Waals surface area contributed by atoms with Gasteiger partial charge >= 0.3 is 0 Å². The van der Waals surface area contributed by atoms with Crippen molar-refractivity contribution in [3.05, 3.63) is 59.7 Å². The molecule has 0 amide bonds. The van der Waals surface area contributed by atoms with Crippen LogP contribution < -0.4 is 9.47 Å². The second-order valence-corrected chi connectivity index (χ2v) is 8.59. The highest BCUT2D eigenvalue weighted by molar-refractivity contribution is 8.20. The van der Waals surface area contributed by atoms with Gasteiger partial charge in [0.05, 0.1) is 11.2 Å². The fourth-order valence-corrected chi connectivity index (χ4v) is 5.31. The van der Waals surface area contributed by atoms with Crippen LogP contribution >= 0.6 is 23.5 Å². The van der Waals surface area contributed by atoms with E-state index in [9.17, 15) is 0 Å². The van der Waals surface area contributed by atoms with E-state index in [1.165, 1.54) is 17.1 Å². The van der Waals surface area contributed by atoms with Crippen molar-refractivity contribution in [3.63, 3.8) is 0 Å². The van der Waals surface area contributed by atoms with Gasteiger partial charge in [0.15, 0.2) is 0 Å². The van der Waals surface area contributed by atoms with E-state index >= 15 is 0 Å². The summed E-state index contributed by atoms with van der Waals surface area (Å²) >= 11 is 4.06. The maximum atomic E-state index is 5.86. The molecule has 0 radical (unpaired) electrons.